The lowest BCUT2D eigenvalue weighted by molar-refractivity contribution is 0.391. The summed E-state index contributed by atoms with van der Waals surface area (Å²) in [5, 5.41) is 0. The van der Waals surface area contributed by atoms with Crippen LogP contribution >= 0.6 is 0 Å². The quantitative estimate of drug-likeness (QED) is 0.735. The van der Waals surface area contributed by atoms with Crippen molar-refractivity contribution in [3.05, 3.63) is 29.3 Å². The second kappa shape index (κ2) is 5.76. The first-order valence-electron chi connectivity index (χ1n) is 5.41. The minimum absolute atomic E-state index is 1.02. The van der Waals surface area contributed by atoms with E-state index in [1.54, 1.807) is 7.11 Å². The van der Waals surface area contributed by atoms with Gasteiger partial charge in [-0.25, -0.2) is 0 Å². The molecule has 0 aliphatic carbocycles. The van der Waals surface area contributed by atoms with Crippen LogP contribution in [-0.2, 0) is 6.42 Å². The number of rotatable bonds is 5. The molecule has 0 saturated heterocycles. The van der Waals surface area contributed by atoms with Crippen LogP contribution in [-0.4, -0.2) is 32.6 Å². The molecule has 0 amide bonds. The minimum Gasteiger partial charge on any atom is -0.496 e. The molecule has 15 heavy (non-hydrogen) atoms. The zero-order valence-corrected chi connectivity index (χ0v) is 10.2. The number of nitrogens with zero attached hydrogens (tertiary/aromatic N) is 1. The predicted octanol–water partition coefficient (Wildman–Crippen LogP) is 2.50. The van der Waals surface area contributed by atoms with Gasteiger partial charge in [0.15, 0.2) is 0 Å². The molecule has 0 unspecified atom stereocenters. The molecule has 0 aliphatic heterocycles. The SMILES string of the molecule is COc1cc(C)ccc1CCCN(C)C. The lowest BCUT2D eigenvalue weighted by atomic mass is 10.1. The Kier molecular flexibility index (Phi) is 4.63. The fourth-order valence-electron chi connectivity index (χ4n) is 1.64. The third-order valence-electron chi connectivity index (χ3n) is 2.49. The number of aryl methyl sites for hydroxylation is 2. The van der Waals surface area contributed by atoms with Crippen LogP contribution < -0.4 is 4.74 Å². The van der Waals surface area contributed by atoms with Crippen LogP contribution in [0.4, 0.5) is 0 Å². The summed E-state index contributed by atoms with van der Waals surface area (Å²) < 4.78 is 5.37. The van der Waals surface area contributed by atoms with Crippen LogP contribution in [0, 0.1) is 6.92 Å². The first-order valence-corrected chi connectivity index (χ1v) is 5.41. The zero-order chi connectivity index (χ0) is 11.3. The highest BCUT2D eigenvalue weighted by Gasteiger charge is 2.02. The largest absolute Gasteiger partial charge is 0.496 e. The minimum atomic E-state index is 1.02. The van der Waals surface area contributed by atoms with E-state index in [-0.39, 0.29) is 0 Å². The summed E-state index contributed by atoms with van der Waals surface area (Å²) in [5.74, 6) is 1.02. The van der Waals surface area contributed by atoms with Gasteiger partial charge in [0.25, 0.3) is 0 Å². The standard InChI is InChI=1S/C13H21NO/c1-11-7-8-12(13(10-11)15-4)6-5-9-14(2)3/h7-8,10H,5-6,9H2,1-4H3. The third kappa shape index (κ3) is 3.92. The summed E-state index contributed by atoms with van der Waals surface area (Å²) in [7, 11) is 5.95. The van der Waals surface area contributed by atoms with Crippen LogP contribution in [0.15, 0.2) is 18.2 Å². The van der Waals surface area contributed by atoms with Crippen molar-refractivity contribution in [2.24, 2.45) is 0 Å². The Hall–Kier alpha value is -1.02. The first-order chi connectivity index (χ1) is 7.13. The molecular formula is C13H21NO. The van der Waals surface area contributed by atoms with E-state index < -0.39 is 0 Å². The van der Waals surface area contributed by atoms with E-state index in [9.17, 15) is 0 Å². The van der Waals surface area contributed by atoms with Crippen LogP contribution in [0.2, 0.25) is 0 Å². The Labute approximate surface area is 92.9 Å². The van der Waals surface area contributed by atoms with Gasteiger partial charge < -0.3 is 9.64 Å². The maximum Gasteiger partial charge on any atom is 0.122 e. The van der Waals surface area contributed by atoms with Crippen molar-refractivity contribution in [2.45, 2.75) is 19.8 Å². The zero-order valence-electron chi connectivity index (χ0n) is 10.2. The van der Waals surface area contributed by atoms with Gasteiger partial charge in [-0.15, -0.1) is 0 Å². The number of hydrogen-bond donors (Lipinski definition) is 0. The number of benzene rings is 1. The van der Waals surface area contributed by atoms with E-state index in [1.165, 1.54) is 17.5 Å². The molecule has 0 saturated carbocycles. The number of hydrogen-bond acceptors (Lipinski definition) is 2. The predicted molar refractivity (Wildman–Crippen MR) is 64.6 cm³/mol. The average Bonchev–Trinajstić information content (AvgIpc) is 2.19. The molecule has 0 aliphatic rings. The molecule has 0 radical (unpaired) electrons. The van der Waals surface area contributed by atoms with E-state index in [1.807, 2.05) is 0 Å². The van der Waals surface area contributed by atoms with Gasteiger partial charge >= 0.3 is 0 Å². The smallest absolute Gasteiger partial charge is 0.122 e. The van der Waals surface area contributed by atoms with Crippen LogP contribution in [0.5, 0.6) is 5.75 Å². The Balaban J connectivity index is 2.60. The highest BCUT2D eigenvalue weighted by molar-refractivity contribution is 5.37. The van der Waals surface area contributed by atoms with Gasteiger partial charge in [-0.3, -0.25) is 0 Å². The maximum absolute atomic E-state index is 5.37. The molecule has 0 aromatic heterocycles. The van der Waals surface area contributed by atoms with E-state index in [2.05, 4.69) is 44.1 Å². The molecule has 0 fully saturated rings. The maximum atomic E-state index is 5.37. The molecule has 2 nitrogen and oxygen atoms in total. The lowest BCUT2D eigenvalue weighted by Crippen LogP contribution is -2.13. The van der Waals surface area contributed by atoms with Crippen molar-refractivity contribution >= 4 is 0 Å². The van der Waals surface area contributed by atoms with Gasteiger partial charge in [-0.2, -0.15) is 0 Å². The highest BCUT2D eigenvalue weighted by atomic mass is 16.5. The van der Waals surface area contributed by atoms with Gasteiger partial charge in [-0.05, 0) is 57.6 Å². The molecule has 0 spiro atoms. The Morgan fingerprint density at radius 2 is 2.00 bits per heavy atom. The average molecular weight is 207 g/mol. The summed E-state index contributed by atoms with van der Waals surface area (Å²) in [4.78, 5) is 2.21. The monoisotopic (exact) mass is 207 g/mol. The summed E-state index contributed by atoms with van der Waals surface area (Å²) in [6, 6.07) is 6.42. The topological polar surface area (TPSA) is 12.5 Å². The molecule has 1 aromatic carbocycles. The van der Waals surface area contributed by atoms with E-state index >= 15 is 0 Å². The molecule has 1 aromatic rings. The van der Waals surface area contributed by atoms with Gasteiger partial charge in [0, 0.05) is 0 Å². The first kappa shape index (κ1) is 12.1. The Bertz CT molecular complexity index is 307. The van der Waals surface area contributed by atoms with Crippen molar-refractivity contribution < 1.29 is 4.74 Å². The van der Waals surface area contributed by atoms with Crippen LogP contribution in [0.3, 0.4) is 0 Å². The summed E-state index contributed by atoms with van der Waals surface area (Å²) in [6.07, 6.45) is 2.26. The summed E-state index contributed by atoms with van der Waals surface area (Å²) in [6.45, 7) is 3.21. The van der Waals surface area contributed by atoms with E-state index in [4.69, 9.17) is 4.74 Å². The van der Waals surface area contributed by atoms with Crippen molar-refractivity contribution in [2.75, 3.05) is 27.7 Å². The van der Waals surface area contributed by atoms with E-state index in [0.29, 0.717) is 0 Å². The second-order valence-electron chi connectivity index (χ2n) is 4.22. The molecule has 2 heteroatoms. The van der Waals surface area contributed by atoms with Gasteiger partial charge in [0.1, 0.15) is 5.75 Å². The summed E-state index contributed by atoms with van der Waals surface area (Å²) in [5.41, 5.74) is 2.56. The van der Waals surface area contributed by atoms with Gasteiger partial charge in [0.2, 0.25) is 0 Å². The molecule has 1 rings (SSSR count). The Morgan fingerprint density at radius 1 is 1.27 bits per heavy atom. The third-order valence-corrected chi connectivity index (χ3v) is 2.49. The second-order valence-corrected chi connectivity index (χ2v) is 4.22. The molecule has 0 atom stereocenters. The molecule has 84 valence electrons. The fraction of sp³-hybridized carbons (Fsp3) is 0.538. The molecule has 0 bridgehead atoms. The van der Waals surface area contributed by atoms with Crippen molar-refractivity contribution in [3.63, 3.8) is 0 Å². The van der Waals surface area contributed by atoms with Crippen molar-refractivity contribution in [1.29, 1.82) is 0 Å². The molecule has 0 N–H and O–H groups in total. The van der Waals surface area contributed by atoms with Crippen molar-refractivity contribution in [1.82, 2.24) is 4.90 Å². The Morgan fingerprint density at radius 3 is 2.60 bits per heavy atom. The summed E-state index contributed by atoms with van der Waals surface area (Å²) >= 11 is 0. The van der Waals surface area contributed by atoms with Crippen LogP contribution in [0.1, 0.15) is 17.5 Å². The van der Waals surface area contributed by atoms with E-state index in [0.717, 1.165) is 18.7 Å². The van der Waals surface area contributed by atoms with Crippen LogP contribution in [0.25, 0.3) is 0 Å². The van der Waals surface area contributed by atoms with Crippen molar-refractivity contribution in [3.8, 4) is 5.75 Å². The fourth-order valence-corrected chi connectivity index (χ4v) is 1.64. The molecule has 0 heterocycles. The molecular weight excluding hydrogens is 186 g/mol. The number of methoxy groups -OCH3 is 1. The lowest BCUT2D eigenvalue weighted by Gasteiger charge is -2.11. The van der Waals surface area contributed by atoms with Gasteiger partial charge in [0.05, 0.1) is 7.11 Å². The highest BCUT2D eigenvalue weighted by Crippen LogP contribution is 2.21. The number of ether oxygens (including phenoxy) is 1. The normalized spacial score (nSPS) is 10.7. The van der Waals surface area contributed by atoms with Gasteiger partial charge in [-0.1, -0.05) is 12.1 Å².